The lowest BCUT2D eigenvalue weighted by Gasteiger charge is -2.22. The molecule has 0 aliphatic carbocycles. The van der Waals surface area contributed by atoms with Gasteiger partial charge in [-0.15, -0.1) is 0 Å². The van der Waals surface area contributed by atoms with Crippen LogP contribution in [-0.4, -0.2) is 32.2 Å². The van der Waals surface area contributed by atoms with Gasteiger partial charge in [-0.25, -0.2) is 8.42 Å². The predicted molar refractivity (Wildman–Crippen MR) is 125 cm³/mol. The lowest BCUT2D eigenvalue weighted by molar-refractivity contribution is -0.121. The summed E-state index contributed by atoms with van der Waals surface area (Å²) in [5, 5.41) is 4.70. The summed E-state index contributed by atoms with van der Waals surface area (Å²) in [5.41, 5.74) is 2.25. The Bertz CT molecular complexity index is 1180. The molecule has 3 rings (SSSR count). The van der Waals surface area contributed by atoms with Crippen molar-refractivity contribution in [3.63, 3.8) is 0 Å². The number of amides is 1. The molecular weight excluding hydrogens is 408 g/mol. The van der Waals surface area contributed by atoms with E-state index in [2.05, 4.69) is 38.2 Å². The van der Waals surface area contributed by atoms with Crippen LogP contribution in [0.5, 0.6) is 0 Å². The van der Waals surface area contributed by atoms with E-state index in [-0.39, 0.29) is 28.8 Å². The molecule has 164 valence electrons. The second-order valence-electron chi connectivity index (χ2n) is 8.93. The van der Waals surface area contributed by atoms with Crippen molar-refractivity contribution >= 4 is 26.7 Å². The minimum Gasteiger partial charge on any atom is -0.348 e. The number of carbonyl (C=O) groups is 1. The molecule has 5 nitrogen and oxygen atoms in total. The highest BCUT2D eigenvalue weighted by Gasteiger charge is 2.24. The maximum atomic E-state index is 12.9. The minimum absolute atomic E-state index is 0.0604. The molecule has 31 heavy (non-hydrogen) atoms. The van der Waals surface area contributed by atoms with E-state index in [1.54, 1.807) is 18.2 Å². The van der Waals surface area contributed by atoms with Crippen LogP contribution in [0.25, 0.3) is 10.8 Å². The summed E-state index contributed by atoms with van der Waals surface area (Å²) in [5.74, 6) is -0.348. The van der Waals surface area contributed by atoms with E-state index in [4.69, 9.17) is 0 Å². The average Bonchev–Trinajstić information content (AvgIpc) is 2.72. The topological polar surface area (TPSA) is 66.5 Å². The molecule has 1 amide bonds. The van der Waals surface area contributed by atoms with Gasteiger partial charge in [0, 0.05) is 7.05 Å². The normalized spacial score (nSPS) is 13.4. The van der Waals surface area contributed by atoms with Gasteiger partial charge in [-0.2, -0.15) is 4.31 Å². The summed E-state index contributed by atoms with van der Waals surface area (Å²) in [6.45, 7) is 8.10. The summed E-state index contributed by atoms with van der Waals surface area (Å²) in [4.78, 5) is 12.7. The third kappa shape index (κ3) is 5.32. The molecule has 0 saturated heterocycles. The zero-order valence-corrected chi connectivity index (χ0v) is 19.5. The molecule has 1 N–H and O–H groups in total. The molecule has 0 heterocycles. The Hall–Kier alpha value is -2.70. The number of sulfonamides is 1. The molecule has 0 unspecified atom stereocenters. The monoisotopic (exact) mass is 438 g/mol. The quantitative estimate of drug-likeness (QED) is 0.610. The maximum absolute atomic E-state index is 12.9. The molecule has 3 aromatic carbocycles. The number of benzene rings is 3. The van der Waals surface area contributed by atoms with E-state index < -0.39 is 10.0 Å². The van der Waals surface area contributed by atoms with Crippen LogP contribution in [0.3, 0.4) is 0 Å². The predicted octanol–water partition coefficient (Wildman–Crippen LogP) is 4.64. The zero-order chi connectivity index (χ0) is 22.8. The van der Waals surface area contributed by atoms with Crippen LogP contribution < -0.4 is 5.32 Å². The summed E-state index contributed by atoms with van der Waals surface area (Å²) < 4.78 is 27.0. The van der Waals surface area contributed by atoms with Crippen molar-refractivity contribution in [2.45, 2.75) is 44.0 Å². The number of rotatable bonds is 6. The van der Waals surface area contributed by atoms with E-state index in [1.807, 2.05) is 43.3 Å². The lowest BCUT2D eigenvalue weighted by Crippen LogP contribution is -2.39. The molecule has 0 bridgehead atoms. The summed E-state index contributed by atoms with van der Waals surface area (Å²) >= 11 is 0. The molecule has 0 aromatic heterocycles. The minimum atomic E-state index is -3.78. The molecule has 0 aliphatic rings. The van der Waals surface area contributed by atoms with E-state index in [0.717, 1.165) is 20.6 Å². The van der Waals surface area contributed by atoms with Crippen molar-refractivity contribution in [2.24, 2.45) is 0 Å². The third-order valence-corrected chi connectivity index (χ3v) is 7.25. The van der Waals surface area contributed by atoms with Crippen LogP contribution in [0.15, 0.2) is 71.6 Å². The van der Waals surface area contributed by atoms with Crippen molar-refractivity contribution in [3.05, 3.63) is 77.9 Å². The number of nitrogens with zero attached hydrogens (tertiary/aromatic N) is 1. The zero-order valence-electron chi connectivity index (χ0n) is 18.7. The molecule has 0 aliphatic heterocycles. The molecule has 0 spiro atoms. The fraction of sp³-hybridized carbons (Fsp3) is 0.320. The second-order valence-corrected chi connectivity index (χ2v) is 11.0. The molecule has 3 aromatic rings. The molecule has 1 atom stereocenters. The highest BCUT2D eigenvalue weighted by molar-refractivity contribution is 7.89. The van der Waals surface area contributed by atoms with Crippen LogP contribution in [-0.2, 0) is 20.2 Å². The van der Waals surface area contributed by atoms with Crippen molar-refractivity contribution in [1.29, 1.82) is 0 Å². The first kappa shape index (κ1) is 23.0. The van der Waals surface area contributed by atoms with Gasteiger partial charge < -0.3 is 5.32 Å². The van der Waals surface area contributed by atoms with Gasteiger partial charge in [0.05, 0.1) is 17.5 Å². The van der Waals surface area contributed by atoms with Gasteiger partial charge in [0.25, 0.3) is 0 Å². The highest BCUT2D eigenvalue weighted by atomic mass is 32.2. The molecular formula is C25H30N2O3S. The summed E-state index contributed by atoms with van der Waals surface area (Å²) in [6.07, 6.45) is 0. The number of likely N-dealkylation sites (N-methyl/N-ethyl adjacent to an activating group) is 1. The Morgan fingerprint density at radius 3 is 2.19 bits per heavy atom. The second kappa shape index (κ2) is 8.81. The van der Waals surface area contributed by atoms with Gasteiger partial charge in [0.1, 0.15) is 0 Å². The number of hydrogen-bond acceptors (Lipinski definition) is 3. The van der Waals surface area contributed by atoms with Crippen molar-refractivity contribution in [1.82, 2.24) is 9.62 Å². The SMILES string of the molecule is C[C@H](NC(=O)CN(C)S(=O)(=O)c1ccc2ccccc2c1)c1ccc(C(C)(C)C)cc1. The van der Waals surface area contributed by atoms with Gasteiger partial charge in [0.2, 0.25) is 15.9 Å². The Morgan fingerprint density at radius 2 is 1.58 bits per heavy atom. The van der Waals surface area contributed by atoms with Crippen molar-refractivity contribution in [2.75, 3.05) is 13.6 Å². The first-order valence-electron chi connectivity index (χ1n) is 10.3. The third-order valence-electron chi connectivity index (χ3n) is 5.45. The van der Waals surface area contributed by atoms with Crippen molar-refractivity contribution in [3.8, 4) is 0 Å². The standard InChI is InChI=1S/C25H30N2O3S/c1-18(19-10-13-22(14-11-19)25(2,3)4)26-24(28)17-27(5)31(29,30)23-15-12-20-8-6-7-9-21(20)16-23/h6-16,18H,17H2,1-5H3,(H,26,28)/t18-/m0/s1. The van der Waals surface area contributed by atoms with Crippen molar-refractivity contribution < 1.29 is 13.2 Å². The molecule has 0 fully saturated rings. The molecule has 0 radical (unpaired) electrons. The Kier molecular flexibility index (Phi) is 6.53. The maximum Gasteiger partial charge on any atom is 0.243 e. The first-order chi connectivity index (χ1) is 14.5. The van der Waals surface area contributed by atoms with Gasteiger partial charge in [-0.3, -0.25) is 4.79 Å². The van der Waals surface area contributed by atoms with Crippen LogP contribution in [0.2, 0.25) is 0 Å². The Labute approximate surface area is 185 Å². The van der Waals surface area contributed by atoms with Crippen LogP contribution in [0, 0.1) is 0 Å². The van der Waals surface area contributed by atoms with E-state index in [0.29, 0.717) is 0 Å². The van der Waals surface area contributed by atoms with Gasteiger partial charge in [0.15, 0.2) is 0 Å². The van der Waals surface area contributed by atoms with E-state index >= 15 is 0 Å². The smallest absolute Gasteiger partial charge is 0.243 e. The first-order valence-corrected chi connectivity index (χ1v) is 11.8. The van der Waals surface area contributed by atoms with Gasteiger partial charge in [-0.1, -0.05) is 75.4 Å². The molecule has 6 heteroatoms. The molecule has 0 saturated carbocycles. The number of fused-ring (bicyclic) bond motifs is 1. The number of nitrogens with one attached hydrogen (secondary N) is 1. The van der Waals surface area contributed by atoms with E-state index in [9.17, 15) is 13.2 Å². The van der Waals surface area contributed by atoms with E-state index in [1.165, 1.54) is 12.6 Å². The number of carbonyl (C=O) groups excluding carboxylic acids is 1. The van der Waals surface area contributed by atoms with Gasteiger partial charge >= 0.3 is 0 Å². The fourth-order valence-electron chi connectivity index (χ4n) is 3.44. The van der Waals surface area contributed by atoms with Crippen LogP contribution in [0.4, 0.5) is 0 Å². The summed E-state index contributed by atoms with van der Waals surface area (Å²) in [7, 11) is -2.35. The van der Waals surface area contributed by atoms with Crippen LogP contribution >= 0.6 is 0 Å². The van der Waals surface area contributed by atoms with Gasteiger partial charge in [-0.05, 0) is 46.4 Å². The Morgan fingerprint density at radius 1 is 0.968 bits per heavy atom. The lowest BCUT2D eigenvalue weighted by atomic mass is 9.86. The van der Waals surface area contributed by atoms with Crippen LogP contribution in [0.1, 0.15) is 44.9 Å². The summed E-state index contributed by atoms with van der Waals surface area (Å²) in [6, 6.07) is 20.5. The average molecular weight is 439 g/mol. The Balaban J connectivity index is 1.67. The number of hydrogen-bond donors (Lipinski definition) is 1. The largest absolute Gasteiger partial charge is 0.348 e. The highest BCUT2D eigenvalue weighted by Crippen LogP contribution is 2.24. The fourth-order valence-corrected chi connectivity index (χ4v) is 4.60.